The molecule has 8 heteroatoms. The minimum Gasteiger partial charge on any atom is -0.340 e. The molecule has 23 heavy (non-hydrogen) atoms. The normalized spacial score (nSPS) is 16.7. The first-order chi connectivity index (χ1) is 11.0. The highest BCUT2D eigenvalue weighted by molar-refractivity contribution is 5.61. The predicted octanol–water partition coefficient (Wildman–Crippen LogP) is 3.62. The molecule has 0 saturated heterocycles. The Morgan fingerprint density at radius 1 is 1.22 bits per heavy atom. The van der Waals surface area contributed by atoms with E-state index in [1.807, 2.05) is 6.07 Å². The van der Waals surface area contributed by atoms with Crippen LogP contribution in [-0.4, -0.2) is 16.3 Å². The second-order valence-electron chi connectivity index (χ2n) is 4.99. The maximum atomic E-state index is 12.4. The van der Waals surface area contributed by atoms with Crippen molar-refractivity contribution in [2.24, 2.45) is 0 Å². The van der Waals surface area contributed by atoms with Crippen molar-refractivity contribution < 1.29 is 17.9 Å². The standard InChI is InChI=1S/C15H11F3N4O/c16-15(17,18)23-12-6-5-11-13(12)20-8-21-14(11)22-10-3-1-9(7-19)2-4-10/h1-4,8,12H,5-6H2,(H,20,21,22). The zero-order valence-corrected chi connectivity index (χ0v) is 11.8. The molecule has 3 rings (SSSR count). The van der Waals surface area contributed by atoms with Gasteiger partial charge in [-0.05, 0) is 37.1 Å². The van der Waals surface area contributed by atoms with E-state index in [0.717, 1.165) is 0 Å². The molecule has 0 saturated carbocycles. The van der Waals surface area contributed by atoms with Gasteiger partial charge in [-0.25, -0.2) is 9.97 Å². The van der Waals surface area contributed by atoms with Crippen LogP contribution in [0.5, 0.6) is 0 Å². The summed E-state index contributed by atoms with van der Waals surface area (Å²) in [6, 6.07) is 8.69. The van der Waals surface area contributed by atoms with Gasteiger partial charge in [0.25, 0.3) is 0 Å². The number of halogens is 3. The number of hydrogen-bond donors (Lipinski definition) is 1. The number of anilines is 2. The maximum absolute atomic E-state index is 12.4. The second kappa shape index (κ2) is 5.85. The van der Waals surface area contributed by atoms with E-state index in [2.05, 4.69) is 20.0 Å². The third kappa shape index (κ3) is 3.40. The van der Waals surface area contributed by atoms with Crippen molar-refractivity contribution in [2.75, 3.05) is 5.32 Å². The molecule has 1 aromatic carbocycles. The van der Waals surface area contributed by atoms with Crippen LogP contribution in [0, 0.1) is 11.3 Å². The Hall–Kier alpha value is -2.66. The number of alkyl halides is 3. The lowest BCUT2D eigenvalue weighted by Crippen LogP contribution is -2.17. The van der Waals surface area contributed by atoms with Crippen molar-refractivity contribution in [3.63, 3.8) is 0 Å². The van der Waals surface area contributed by atoms with Crippen LogP contribution in [0.3, 0.4) is 0 Å². The molecular formula is C15H11F3N4O. The molecule has 0 fully saturated rings. The second-order valence-corrected chi connectivity index (χ2v) is 4.99. The van der Waals surface area contributed by atoms with E-state index >= 15 is 0 Å². The van der Waals surface area contributed by atoms with Crippen LogP contribution in [0.4, 0.5) is 24.7 Å². The Balaban J connectivity index is 1.84. The fourth-order valence-electron chi connectivity index (χ4n) is 2.51. The van der Waals surface area contributed by atoms with Crippen LogP contribution in [0.15, 0.2) is 30.6 Å². The molecule has 0 radical (unpaired) electrons. The summed E-state index contributed by atoms with van der Waals surface area (Å²) in [5, 5.41) is 11.8. The van der Waals surface area contributed by atoms with Crippen LogP contribution >= 0.6 is 0 Å². The lowest BCUT2D eigenvalue weighted by Gasteiger charge is -2.15. The highest BCUT2D eigenvalue weighted by Gasteiger charge is 2.38. The van der Waals surface area contributed by atoms with Crippen LogP contribution in [0.1, 0.15) is 29.3 Å². The van der Waals surface area contributed by atoms with Gasteiger partial charge in [-0.1, -0.05) is 0 Å². The van der Waals surface area contributed by atoms with Crippen LogP contribution in [-0.2, 0) is 11.2 Å². The van der Waals surface area contributed by atoms with Gasteiger partial charge in [-0.15, -0.1) is 13.2 Å². The molecule has 1 aliphatic carbocycles. The molecule has 0 aliphatic heterocycles. The average Bonchev–Trinajstić information content (AvgIpc) is 2.90. The van der Waals surface area contributed by atoms with Crippen molar-refractivity contribution in [1.82, 2.24) is 9.97 Å². The van der Waals surface area contributed by atoms with Gasteiger partial charge in [0, 0.05) is 11.3 Å². The van der Waals surface area contributed by atoms with E-state index in [9.17, 15) is 13.2 Å². The first kappa shape index (κ1) is 15.2. The molecule has 1 atom stereocenters. The summed E-state index contributed by atoms with van der Waals surface area (Å²) in [4.78, 5) is 8.03. The lowest BCUT2D eigenvalue weighted by molar-refractivity contribution is -0.344. The van der Waals surface area contributed by atoms with Gasteiger partial charge in [0.2, 0.25) is 0 Å². The average molecular weight is 320 g/mol. The Morgan fingerprint density at radius 3 is 2.61 bits per heavy atom. The Labute approximate surface area is 129 Å². The number of aromatic nitrogens is 2. The lowest BCUT2D eigenvalue weighted by atomic mass is 10.2. The molecule has 1 unspecified atom stereocenters. The Morgan fingerprint density at radius 2 is 1.96 bits per heavy atom. The number of nitriles is 1. The summed E-state index contributed by atoms with van der Waals surface area (Å²) in [7, 11) is 0. The topological polar surface area (TPSA) is 70.8 Å². The Bertz CT molecular complexity index is 753. The van der Waals surface area contributed by atoms with Crippen molar-refractivity contribution in [2.45, 2.75) is 25.3 Å². The smallest absolute Gasteiger partial charge is 0.340 e. The van der Waals surface area contributed by atoms with Gasteiger partial charge in [0.05, 0.1) is 17.3 Å². The summed E-state index contributed by atoms with van der Waals surface area (Å²) in [6.07, 6.45) is -3.99. The first-order valence-corrected chi connectivity index (χ1v) is 6.82. The van der Waals surface area contributed by atoms with Crippen molar-refractivity contribution in [1.29, 1.82) is 5.26 Å². The minimum absolute atomic E-state index is 0.204. The number of ether oxygens (including phenoxy) is 1. The highest BCUT2D eigenvalue weighted by Crippen LogP contribution is 2.39. The zero-order chi connectivity index (χ0) is 16.4. The minimum atomic E-state index is -4.70. The quantitative estimate of drug-likeness (QED) is 0.935. The molecule has 1 heterocycles. The molecule has 0 bridgehead atoms. The van der Waals surface area contributed by atoms with Crippen LogP contribution in [0.25, 0.3) is 0 Å². The molecule has 1 aliphatic rings. The van der Waals surface area contributed by atoms with E-state index in [4.69, 9.17) is 5.26 Å². The monoisotopic (exact) mass is 320 g/mol. The number of hydrogen-bond acceptors (Lipinski definition) is 5. The van der Waals surface area contributed by atoms with E-state index in [1.54, 1.807) is 24.3 Å². The third-order valence-electron chi connectivity index (χ3n) is 3.49. The maximum Gasteiger partial charge on any atom is 0.523 e. The van der Waals surface area contributed by atoms with Crippen molar-refractivity contribution >= 4 is 11.5 Å². The summed E-state index contributed by atoms with van der Waals surface area (Å²) in [5.41, 5.74) is 2.08. The van der Waals surface area contributed by atoms with Gasteiger partial charge in [-0.2, -0.15) is 5.26 Å². The van der Waals surface area contributed by atoms with E-state index < -0.39 is 12.5 Å². The van der Waals surface area contributed by atoms with E-state index in [0.29, 0.717) is 29.1 Å². The summed E-state index contributed by atoms with van der Waals surface area (Å²) in [6.45, 7) is 0. The van der Waals surface area contributed by atoms with Gasteiger partial charge in [-0.3, -0.25) is 4.74 Å². The first-order valence-electron chi connectivity index (χ1n) is 6.82. The van der Waals surface area contributed by atoms with Gasteiger partial charge in [0.15, 0.2) is 0 Å². The SMILES string of the molecule is N#Cc1ccc(Nc2ncnc3c2CCC3OC(F)(F)F)cc1. The molecule has 5 nitrogen and oxygen atoms in total. The van der Waals surface area contributed by atoms with Crippen molar-refractivity contribution in [3.05, 3.63) is 47.4 Å². The van der Waals surface area contributed by atoms with Gasteiger partial charge < -0.3 is 5.32 Å². The highest BCUT2D eigenvalue weighted by atomic mass is 19.4. The molecule has 1 aromatic heterocycles. The largest absolute Gasteiger partial charge is 0.523 e. The van der Waals surface area contributed by atoms with E-state index in [1.165, 1.54) is 6.33 Å². The molecule has 118 valence electrons. The number of fused-ring (bicyclic) bond motifs is 1. The summed E-state index contributed by atoms with van der Waals surface area (Å²) >= 11 is 0. The van der Waals surface area contributed by atoms with Crippen LogP contribution in [0.2, 0.25) is 0 Å². The number of benzene rings is 1. The third-order valence-corrected chi connectivity index (χ3v) is 3.49. The van der Waals surface area contributed by atoms with Crippen molar-refractivity contribution in [3.8, 4) is 6.07 Å². The van der Waals surface area contributed by atoms with Crippen LogP contribution < -0.4 is 5.32 Å². The fourth-order valence-corrected chi connectivity index (χ4v) is 2.51. The van der Waals surface area contributed by atoms with E-state index in [-0.39, 0.29) is 12.1 Å². The molecule has 1 N–H and O–H groups in total. The predicted molar refractivity (Wildman–Crippen MR) is 74.7 cm³/mol. The summed E-state index contributed by atoms with van der Waals surface area (Å²) < 4.78 is 41.3. The number of nitrogens with one attached hydrogen (secondary N) is 1. The Kier molecular flexibility index (Phi) is 3.88. The molecule has 0 spiro atoms. The van der Waals surface area contributed by atoms with Gasteiger partial charge >= 0.3 is 6.36 Å². The molecular weight excluding hydrogens is 309 g/mol. The fraction of sp³-hybridized carbons (Fsp3) is 0.267. The summed E-state index contributed by atoms with van der Waals surface area (Å²) in [5.74, 6) is 0.452. The number of nitrogens with zero attached hydrogens (tertiary/aromatic N) is 3. The van der Waals surface area contributed by atoms with Gasteiger partial charge in [0.1, 0.15) is 18.2 Å². The zero-order valence-electron chi connectivity index (χ0n) is 11.8. The molecule has 2 aromatic rings. The molecule has 0 amide bonds. The number of rotatable bonds is 3.